The number of amides is 2. The first kappa shape index (κ1) is 15.0. The predicted molar refractivity (Wildman–Crippen MR) is 71.1 cm³/mol. The van der Waals surface area contributed by atoms with Gasteiger partial charge in [0.15, 0.2) is 0 Å². The molecule has 5 heteroatoms. The second-order valence-corrected chi connectivity index (χ2v) is 5.20. The Hall–Kier alpha value is -1.10. The highest BCUT2D eigenvalue weighted by Gasteiger charge is 2.34. The van der Waals surface area contributed by atoms with Crippen LogP contribution in [0.3, 0.4) is 0 Å². The quantitative estimate of drug-likeness (QED) is 0.644. The van der Waals surface area contributed by atoms with Gasteiger partial charge in [-0.25, -0.2) is 0 Å². The molecule has 0 aromatic carbocycles. The van der Waals surface area contributed by atoms with Crippen molar-refractivity contribution >= 4 is 11.8 Å². The monoisotopic (exact) mass is 255 g/mol. The molecule has 0 aromatic rings. The fourth-order valence-electron chi connectivity index (χ4n) is 2.11. The van der Waals surface area contributed by atoms with Gasteiger partial charge < -0.3 is 16.0 Å². The summed E-state index contributed by atoms with van der Waals surface area (Å²) < 4.78 is 0. The van der Waals surface area contributed by atoms with E-state index in [1.807, 2.05) is 13.8 Å². The van der Waals surface area contributed by atoms with Crippen LogP contribution in [0.15, 0.2) is 0 Å². The zero-order chi connectivity index (χ0) is 13.4. The maximum atomic E-state index is 12.0. The molecule has 0 spiro atoms. The molecule has 1 unspecified atom stereocenters. The van der Waals surface area contributed by atoms with Gasteiger partial charge in [-0.05, 0) is 32.7 Å². The predicted octanol–water partition coefficient (Wildman–Crippen LogP) is 0.409. The van der Waals surface area contributed by atoms with Crippen molar-refractivity contribution in [2.24, 2.45) is 5.41 Å². The van der Waals surface area contributed by atoms with Gasteiger partial charge in [-0.2, -0.15) is 0 Å². The Labute approximate surface area is 109 Å². The molecule has 1 fully saturated rings. The largest absolute Gasteiger partial charge is 0.356 e. The van der Waals surface area contributed by atoms with Crippen LogP contribution in [0.1, 0.15) is 39.5 Å². The van der Waals surface area contributed by atoms with Crippen molar-refractivity contribution in [2.45, 2.75) is 39.5 Å². The highest BCUT2D eigenvalue weighted by molar-refractivity contribution is 5.83. The van der Waals surface area contributed by atoms with Gasteiger partial charge in [-0.1, -0.05) is 6.92 Å². The summed E-state index contributed by atoms with van der Waals surface area (Å²) in [5, 5.41) is 8.90. The summed E-state index contributed by atoms with van der Waals surface area (Å²) in [6.45, 7) is 6.83. The molecule has 104 valence electrons. The van der Waals surface area contributed by atoms with E-state index in [4.69, 9.17) is 0 Å². The number of piperidine rings is 1. The Morgan fingerprint density at radius 2 is 2.06 bits per heavy atom. The maximum absolute atomic E-state index is 12.0. The van der Waals surface area contributed by atoms with E-state index in [2.05, 4.69) is 16.0 Å². The number of rotatable bonds is 6. The summed E-state index contributed by atoms with van der Waals surface area (Å²) >= 11 is 0. The van der Waals surface area contributed by atoms with Crippen molar-refractivity contribution in [3.63, 3.8) is 0 Å². The SMILES string of the molecule is CCCNC(=O)CCNC(=O)C1(C)CCCNC1. The third-order valence-electron chi connectivity index (χ3n) is 3.36. The number of carbonyl (C=O) groups excluding carboxylic acids is 2. The van der Waals surface area contributed by atoms with Gasteiger partial charge >= 0.3 is 0 Å². The van der Waals surface area contributed by atoms with Crippen LogP contribution in [0.2, 0.25) is 0 Å². The standard InChI is InChI=1S/C13H25N3O2/c1-3-7-15-11(17)5-9-16-12(18)13(2)6-4-8-14-10-13/h14H,3-10H2,1-2H3,(H,15,17)(H,16,18). The molecule has 3 N–H and O–H groups in total. The summed E-state index contributed by atoms with van der Waals surface area (Å²) in [6, 6.07) is 0. The fraction of sp³-hybridized carbons (Fsp3) is 0.846. The summed E-state index contributed by atoms with van der Waals surface area (Å²) in [4.78, 5) is 23.4. The summed E-state index contributed by atoms with van der Waals surface area (Å²) in [7, 11) is 0. The van der Waals surface area contributed by atoms with E-state index in [1.54, 1.807) is 0 Å². The second kappa shape index (κ2) is 7.36. The lowest BCUT2D eigenvalue weighted by molar-refractivity contribution is -0.131. The summed E-state index contributed by atoms with van der Waals surface area (Å²) in [5.74, 6) is 0.0575. The van der Waals surface area contributed by atoms with Crippen LogP contribution in [-0.2, 0) is 9.59 Å². The molecule has 0 saturated carbocycles. The van der Waals surface area contributed by atoms with Crippen LogP contribution in [-0.4, -0.2) is 38.0 Å². The van der Waals surface area contributed by atoms with Gasteiger partial charge in [0.05, 0.1) is 5.41 Å². The molecule has 1 aliphatic rings. The Bertz CT molecular complexity index is 286. The number of carbonyl (C=O) groups is 2. The van der Waals surface area contributed by atoms with E-state index >= 15 is 0 Å². The highest BCUT2D eigenvalue weighted by atomic mass is 16.2. The molecule has 18 heavy (non-hydrogen) atoms. The molecule has 0 aliphatic carbocycles. The number of hydrogen-bond donors (Lipinski definition) is 3. The first-order valence-electron chi connectivity index (χ1n) is 6.84. The van der Waals surface area contributed by atoms with Crippen molar-refractivity contribution in [1.29, 1.82) is 0 Å². The first-order chi connectivity index (χ1) is 8.58. The number of nitrogens with one attached hydrogen (secondary N) is 3. The minimum Gasteiger partial charge on any atom is -0.356 e. The van der Waals surface area contributed by atoms with E-state index in [0.29, 0.717) is 19.5 Å². The molecule has 2 amide bonds. The Morgan fingerprint density at radius 1 is 1.28 bits per heavy atom. The Balaban J connectivity index is 2.22. The lowest BCUT2D eigenvalue weighted by Crippen LogP contribution is -2.49. The average molecular weight is 255 g/mol. The normalized spacial score (nSPS) is 23.4. The summed E-state index contributed by atoms with van der Waals surface area (Å²) in [5.41, 5.74) is -0.321. The van der Waals surface area contributed by atoms with E-state index in [0.717, 1.165) is 32.4 Å². The average Bonchev–Trinajstić information content (AvgIpc) is 2.37. The van der Waals surface area contributed by atoms with Gasteiger partial charge in [0.2, 0.25) is 11.8 Å². The van der Waals surface area contributed by atoms with Crippen LogP contribution in [0.25, 0.3) is 0 Å². The molecule has 0 bridgehead atoms. The third-order valence-corrected chi connectivity index (χ3v) is 3.36. The lowest BCUT2D eigenvalue weighted by Gasteiger charge is -2.32. The smallest absolute Gasteiger partial charge is 0.227 e. The molecule has 1 saturated heterocycles. The number of hydrogen-bond acceptors (Lipinski definition) is 3. The van der Waals surface area contributed by atoms with Crippen LogP contribution in [0.5, 0.6) is 0 Å². The third kappa shape index (κ3) is 4.64. The molecule has 1 heterocycles. The molecule has 5 nitrogen and oxygen atoms in total. The first-order valence-corrected chi connectivity index (χ1v) is 6.84. The van der Waals surface area contributed by atoms with Gasteiger partial charge in [0.1, 0.15) is 0 Å². The van der Waals surface area contributed by atoms with E-state index in [1.165, 1.54) is 0 Å². The molecule has 0 aromatic heterocycles. The summed E-state index contributed by atoms with van der Waals surface area (Å²) in [6.07, 6.45) is 3.23. The highest BCUT2D eigenvalue weighted by Crippen LogP contribution is 2.25. The van der Waals surface area contributed by atoms with Crippen LogP contribution in [0.4, 0.5) is 0 Å². The molecular weight excluding hydrogens is 230 g/mol. The Kier molecular flexibility index (Phi) is 6.12. The zero-order valence-corrected chi connectivity index (χ0v) is 11.5. The van der Waals surface area contributed by atoms with Gasteiger partial charge in [0.25, 0.3) is 0 Å². The minimum atomic E-state index is -0.321. The van der Waals surface area contributed by atoms with Crippen molar-refractivity contribution in [3.8, 4) is 0 Å². The van der Waals surface area contributed by atoms with E-state index in [9.17, 15) is 9.59 Å². The zero-order valence-electron chi connectivity index (χ0n) is 11.5. The van der Waals surface area contributed by atoms with E-state index < -0.39 is 0 Å². The molecule has 1 rings (SSSR count). The van der Waals surface area contributed by atoms with Crippen molar-refractivity contribution < 1.29 is 9.59 Å². The van der Waals surface area contributed by atoms with Gasteiger partial charge in [-0.3, -0.25) is 9.59 Å². The molecule has 0 radical (unpaired) electrons. The van der Waals surface area contributed by atoms with E-state index in [-0.39, 0.29) is 17.2 Å². The second-order valence-electron chi connectivity index (χ2n) is 5.20. The van der Waals surface area contributed by atoms with Crippen molar-refractivity contribution in [2.75, 3.05) is 26.2 Å². The van der Waals surface area contributed by atoms with Crippen LogP contribution < -0.4 is 16.0 Å². The van der Waals surface area contributed by atoms with Crippen LogP contribution in [0, 0.1) is 5.41 Å². The van der Waals surface area contributed by atoms with Gasteiger partial charge in [0, 0.05) is 26.1 Å². The Morgan fingerprint density at radius 3 is 2.67 bits per heavy atom. The molecular formula is C13H25N3O2. The molecule has 1 atom stereocenters. The minimum absolute atomic E-state index is 0.00377. The topological polar surface area (TPSA) is 70.2 Å². The molecule has 1 aliphatic heterocycles. The fourth-order valence-corrected chi connectivity index (χ4v) is 2.11. The van der Waals surface area contributed by atoms with Crippen LogP contribution >= 0.6 is 0 Å². The van der Waals surface area contributed by atoms with Gasteiger partial charge in [-0.15, -0.1) is 0 Å². The lowest BCUT2D eigenvalue weighted by atomic mass is 9.82. The maximum Gasteiger partial charge on any atom is 0.227 e. The van der Waals surface area contributed by atoms with Crippen molar-refractivity contribution in [1.82, 2.24) is 16.0 Å². The van der Waals surface area contributed by atoms with Crippen molar-refractivity contribution in [3.05, 3.63) is 0 Å².